The van der Waals surface area contributed by atoms with E-state index in [4.69, 9.17) is 10.9 Å². The predicted molar refractivity (Wildman–Crippen MR) is 26.2 cm³/mol. The van der Waals surface area contributed by atoms with E-state index < -0.39 is 5.91 Å². The highest BCUT2D eigenvalue weighted by atomic mass is 35.5. The molecule has 0 heterocycles. The van der Waals surface area contributed by atoms with Crippen LogP contribution in [0.3, 0.4) is 0 Å². The second kappa shape index (κ2) is 5.68. The monoisotopic (exact) mass is 126 g/mol. The Hall–Kier alpha value is -0.320. The molecule has 4 nitrogen and oxygen atoms in total. The molecule has 44 valence electrons. The molecule has 0 rings (SSSR count). The first-order chi connectivity index (χ1) is 2.81. The zero-order chi connectivity index (χ0) is 4.99. The summed E-state index contributed by atoms with van der Waals surface area (Å²) < 4.78 is 0. The van der Waals surface area contributed by atoms with Crippen molar-refractivity contribution in [2.45, 2.75) is 0 Å². The van der Waals surface area contributed by atoms with Crippen LogP contribution in [0.15, 0.2) is 0 Å². The lowest BCUT2D eigenvalue weighted by Gasteiger charge is -1.86. The standard InChI is InChI=1S/C2H6N2O2.ClH/c3-1-2(5)4-6;/h6H,1,3H2,(H,4,5);1H. The second-order valence-corrected chi connectivity index (χ2v) is 0.739. The molecule has 0 aliphatic heterocycles. The van der Waals surface area contributed by atoms with E-state index in [2.05, 4.69) is 0 Å². The molecule has 0 aromatic rings. The molecule has 5 heteroatoms. The van der Waals surface area contributed by atoms with E-state index in [0.717, 1.165) is 0 Å². The van der Waals surface area contributed by atoms with E-state index in [-0.39, 0.29) is 19.0 Å². The summed E-state index contributed by atoms with van der Waals surface area (Å²) in [7, 11) is 0. The van der Waals surface area contributed by atoms with Crippen LogP contribution in [0.5, 0.6) is 0 Å². The maximum Gasteiger partial charge on any atom is 0.257 e. The Balaban J connectivity index is 0. The Kier molecular flexibility index (Phi) is 7.98. The third-order valence-corrected chi connectivity index (χ3v) is 0.310. The van der Waals surface area contributed by atoms with Crippen molar-refractivity contribution in [3.05, 3.63) is 0 Å². The summed E-state index contributed by atoms with van der Waals surface area (Å²) in [6.45, 7) is -0.170. The quantitative estimate of drug-likeness (QED) is 0.308. The van der Waals surface area contributed by atoms with Gasteiger partial charge in [0.1, 0.15) is 0 Å². The first-order valence-corrected chi connectivity index (χ1v) is 1.44. The summed E-state index contributed by atoms with van der Waals surface area (Å²) in [5, 5.41) is 7.66. The van der Waals surface area contributed by atoms with Crippen LogP contribution in [-0.2, 0) is 4.79 Å². The van der Waals surface area contributed by atoms with Crippen molar-refractivity contribution >= 4 is 18.3 Å². The molecule has 0 fully saturated rings. The van der Waals surface area contributed by atoms with E-state index >= 15 is 0 Å². The van der Waals surface area contributed by atoms with Crippen LogP contribution in [0.4, 0.5) is 0 Å². The highest BCUT2D eigenvalue weighted by Gasteiger charge is 1.86. The number of amides is 1. The Morgan fingerprint density at radius 1 is 1.86 bits per heavy atom. The van der Waals surface area contributed by atoms with Gasteiger partial charge >= 0.3 is 0 Å². The summed E-state index contributed by atoms with van der Waals surface area (Å²) in [6.07, 6.45) is 0. The minimum Gasteiger partial charge on any atom is -0.322 e. The largest absolute Gasteiger partial charge is 0.322 e. The number of halogens is 1. The van der Waals surface area contributed by atoms with Crippen LogP contribution < -0.4 is 11.2 Å². The van der Waals surface area contributed by atoms with Crippen molar-refractivity contribution in [2.24, 2.45) is 5.73 Å². The SMILES string of the molecule is Cl.NCC(=O)NO. The van der Waals surface area contributed by atoms with Gasteiger partial charge in [0.2, 0.25) is 0 Å². The normalized spacial score (nSPS) is 6.57. The maximum absolute atomic E-state index is 9.69. The Morgan fingerprint density at radius 3 is 2.29 bits per heavy atom. The van der Waals surface area contributed by atoms with E-state index in [9.17, 15) is 4.79 Å². The van der Waals surface area contributed by atoms with Gasteiger partial charge in [-0.25, -0.2) is 5.48 Å². The van der Waals surface area contributed by atoms with Crippen LogP contribution in [0.2, 0.25) is 0 Å². The summed E-state index contributed by atoms with van der Waals surface area (Å²) >= 11 is 0. The molecule has 0 aromatic carbocycles. The van der Waals surface area contributed by atoms with Crippen molar-refractivity contribution in [1.29, 1.82) is 0 Å². The van der Waals surface area contributed by atoms with E-state index in [0.29, 0.717) is 0 Å². The first-order valence-electron chi connectivity index (χ1n) is 1.44. The number of carbonyl (C=O) groups is 1. The second-order valence-electron chi connectivity index (χ2n) is 0.739. The first kappa shape index (κ1) is 9.84. The summed E-state index contributed by atoms with van der Waals surface area (Å²) in [5.41, 5.74) is 6.06. The van der Waals surface area contributed by atoms with Crippen LogP contribution in [0.25, 0.3) is 0 Å². The van der Waals surface area contributed by atoms with Crippen LogP contribution in [0.1, 0.15) is 0 Å². The minimum absolute atomic E-state index is 0. The highest BCUT2D eigenvalue weighted by molar-refractivity contribution is 5.85. The zero-order valence-electron chi connectivity index (χ0n) is 3.55. The van der Waals surface area contributed by atoms with Crippen LogP contribution in [0, 0.1) is 0 Å². The topological polar surface area (TPSA) is 75.4 Å². The van der Waals surface area contributed by atoms with Gasteiger partial charge in [0.15, 0.2) is 0 Å². The Labute approximate surface area is 47.1 Å². The summed E-state index contributed by atoms with van der Waals surface area (Å²) in [4.78, 5) is 9.69. The fourth-order valence-corrected chi connectivity index (χ4v) is 0.0456. The molecule has 0 aliphatic rings. The molecule has 0 atom stereocenters. The molecular formula is C2H7ClN2O2. The average Bonchev–Trinajstić information content (AvgIpc) is 1.65. The number of rotatable bonds is 1. The van der Waals surface area contributed by atoms with Gasteiger partial charge in [0.05, 0.1) is 6.54 Å². The minimum atomic E-state index is -0.574. The van der Waals surface area contributed by atoms with Gasteiger partial charge in [-0.05, 0) is 0 Å². The zero-order valence-corrected chi connectivity index (χ0v) is 4.36. The molecule has 0 aromatic heterocycles. The summed E-state index contributed by atoms with van der Waals surface area (Å²) in [5.74, 6) is -0.574. The lowest BCUT2D eigenvalue weighted by molar-refractivity contribution is -0.127. The molecule has 0 spiro atoms. The van der Waals surface area contributed by atoms with Gasteiger partial charge in [0.25, 0.3) is 5.91 Å². The molecule has 0 unspecified atom stereocenters. The van der Waals surface area contributed by atoms with E-state index in [1.807, 2.05) is 0 Å². The smallest absolute Gasteiger partial charge is 0.257 e. The summed E-state index contributed by atoms with van der Waals surface area (Å²) in [6, 6.07) is 0. The highest BCUT2D eigenvalue weighted by Crippen LogP contribution is 1.46. The molecule has 0 bridgehead atoms. The number of hydrogen-bond donors (Lipinski definition) is 3. The molecule has 0 saturated carbocycles. The molecule has 0 saturated heterocycles. The van der Waals surface area contributed by atoms with Crippen molar-refractivity contribution in [1.82, 2.24) is 5.48 Å². The fraction of sp³-hybridized carbons (Fsp3) is 0.500. The van der Waals surface area contributed by atoms with Crippen molar-refractivity contribution in [2.75, 3.05) is 6.54 Å². The lowest BCUT2D eigenvalue weighted by atomic mass is 10.7. The van der Waals surface area contributed by atoms with E-state index in [1.54, 1.807) is 0 Å². The number of nitrogens with one attached hydrogen (secondary N) is 1. The molecule has 1 amide bonds. The van der Waals surface area contributed by atoms with Crippen molar-refractivity contribution in [3.8, 4) is 0 Å². The van der Waals surface area contributed by atoms with Crippen molar-refractivity contribution < 1.29 is 10.0 Å². The molecule has 0 aliphatic carbocycles. The van der Waals surface area contributed by atoms with Gasteiger partial charge < -0.3 is 5.73 Å². The third kappa shape index (κ3) is 5.68. The lowest BCUT2D eigenvalue weighted by Crippen LogP contribution is -2.26. The maximum atomic E-state index is 9.69. The van der Waals surface area contributed by atoms with Gasteiger partial charge in [-0.15, -0.1) is 12.4 Å². The molecule has 7 heavy (non-hydrogen) atoms. The molecule has 0 radical (unpaired) electrons. The van der Waals surface area contributed by atoms with Gasteiger partial charge in [-0.2, -0.15) is 0 Å². The van der Waals surface area contributed by atoms with Crippen LogP contribution >= 0.6 is 12.4 Å². The number of nitrogens with two attached hydrogens (primary N) is 1. The number of hydroxylamine groups is 1. The molecule has 4 N–H and O–H groups in total. The van der Waals surface area contributed by atoms with E-state index in [1.165, 1.54) is 5.48 Å². The van der Waals surface area contributed by atoms with Crippen molar-refractivity contribution in [3.63, 3.8) is 0 Å². The number of hydrogen-bond acceptors (Lipinski definition) is 3. The van der Waals surface area contributed by atoms with Crippen LogP contribution in [-0.4, -0.2) is 17.7 Å². The number of carbonyl (C=O) groups excluding carboxylic acids is 1. The van der Waals surface area contributed by atoms with Gasteiger partial charge in [0, 0.05) is 0 Å². The van der Waals surface area contributed by atoms with Gasteiger partial charge in [-0.1, -0.05) is 0 Å². The predicted octanol–water partition coefficient (Wildman–Crippen LogP) is -1.13. The van der Waals surface area contributed by atoms with Gasteiger partial charge in [-0.3, -0.25) is 10.0 Å². The Bertz CT molecular complexity index is 51.7. The Morgan fingerprint density at radius 2 is 2.29 bits per heavy atom. The third-order valence-electron chi connectivity index (χ3n) is 0.310. The average molecular weight is 127 g/mol. The molecular weight excluding hydrogens is 119 g/mol. The fourth-order valence-electron chi connectivity index (χ4n) is 0.0456.